The first kappa shape index (κ1) is 14.4. The third-order valence-electron chi connectivity index (χ3n) is 4.01. The summed E-state index contributed by atoms with van der Waals surface area (Å²) in [7, 11) is 0. The van der Waals surface area contributed by atoms with Crippen LogP contribution in [0.1, 0.15) is 22.8 Å². The minimum absolute atomic E-state index is 0.0365. The average Bonchev–Trinajstić information content (AvgIpc) is 3.15. The Morgan fingerprint density at radius 1 is 0.958 bits per heavy atom. The second kappa shape index (κ2) is 5.47. The van der Waals surface area contributed by atoms with E-state index in [1.165, 1.54) is 0 Å². The number of H-pyrrole nitrogens is 2. The third kappa shape index (κ3) is 2.50. The number of hydrogen-bond donors (Lipinski definition) is 5. The molecule has 0 aliphatic carbocycles. The maximum Gasteiger partial charge on any atom is 0.122 e. The summed E-state index contributed by atoms with van der Waals surface area (Å²) in [6.45, 7) is 0.500. The zero-order valence-electron chi connectivity index (χ0n) is 12.9. The molecule has 0 unspecified atom stereocenters. The molecule has 0 atom stereocenters. The van der Waals surface area contributed by atoms with E-state index in [0.29, 0.717) is 18.5 Å². The maximum atomic E-state index is 7.51. The van der Waals surface area contributed by atoms with Gasteiger partial charge >= 0.3 is 0 Å². The van der Waals surface area contributed by atoms with Crippen LogP contribution in [0.15, 0.2) is 36.4 Å². The summed E-state index contributed by atoms with van der Waals surface area (Å²) >= 11 is 0. The lowest BCUT2D eigenvalue weighted by atomic mass is 10.2. The van der Waals surface area contributed by atoms with Crippen molar-refractivity contribution in [1.82, 2.24) is 19.9 Å². The third-order valence-corrected chi connectivity index (χ3v) is 4.01. The molecule has 0 saturated heterocycles. The topological polar surface area (TPSA) is 133 Å². The van der Waals surface area contributed by atoms with E-state index in [0.717, 1.165) is 39.3 Å². The monoisotopic (exact) mass is 319 g/mol. The molecule has 0 aliphatic heterocycles. The Morgan fingerprint density at radius 3 is 2.21 bits per heavy atom. The van der Waals surface area contributed by atoms with Gasteiger partial charge in [0.2, 0.25) is 0 Å². The highest BCUT2D eigenvalue weighted by molar-refractivity contribution is 5.97. The lowest BCUT2D eigenvalue weighted by molar-refractivity contribution is 0.960. The Kier molecular flexibility index (Phi) is 3.28. The van der Waals surface area contributed by atoms with Crippen LogP contribution in [-0.2, 0) is 13.0 Å². The summed E-state index contributed by atoms with van der Waals surface area (Å²) in [5.41, 5.74) is 16.5. The molecule has 2 heterocycles. The Labute approximate surface area is 137 Å². The van der Waals surface area contributed by atoms with Gasteiger partial charge in [0, 0.05) is 12.1 Å². The fourth-order valence-electron chi connectivity index (χ4n) is 2.78. The Bertz CT molecular complexity index is 1060. The molecule has 0 radical (unpaired) electrons. The molecule has 2 aromatic heterocycles. The number of aromatic amines is 2. The minimum Gasteiger partial charge on any atom is -0.384 e. The number of nitrogens with one attached hydrogen (secondary N) is 3. The van der Waals surface area contributed by atoms with Crippen molar-refractivity contribution in [2.24, 2.45) is 11.5 Å². The van der Waals surface area contributed by atoms with Crippen LogP contribution < -0.4 is 11.5 Å². The van der Waals surface area contributed by atoms with E-state index in [9.17, 15) is 0 Å². The number of nitrogens with zero attached hydrogens (tertiary/aromatic N) is 2. The molecule has 24 heavy (non-hydrogen) atoms. The van der Waals surface area contributed by atoms with Crippen LogP contribution in [0.3, 0.4) is 0 Å². The molecular formula is C17H17N7. The summed E-state index contributed by atoms with van der Waals surface area (Å²) in [6.07, 6.45) is 0.566. The number of hydrogen-bond acceptors (Lipinski definition) is 4. The van der Waals surface area contributed by atoms with Crippen LogP contribution in [0, 0.1) is 5.41 Å². The number of nitrogens with two attached hydrogens (primary N) is 2. The molecular weight excluding hydrogens is 302 g/mol. The number of rotatable bonds is 4. The quantitative estimate of drug-likeness (QED) is 0.289. The zero-order valence-corrected chi connectivity index (χ0v) is 12.9. The standard InChI is InChI=1S/C17H17N7/c18-8-9-1-3-11-13(5-9)23-15(21-11)7-16-22-12-4-2-10(17(19)20)6-14(12)24-16/h1-6H,7-8,18H2,(H3,19,20)(H,21,23)(H,22,24). The number of aromatic nitrogens is 4. The van der Waals surface area contributed by atoms with Gasteiger partial charge in [-0.3, -0.25) is 5.41 Å². The van der Waals surface area contributed by atoms with Gasteiger partial charge in [-0.25, -0.2) is 9.97 Å². The van der Waals surface area contributed by atoms with E-state index in [4.69, 9.17) is 16.9 Å². The second-order valence-corrected chi connectivity index (χ2v) is 5.75. The van der Waals surface area contributed by atoms with Gasteiger partial charge < -0.3 is 21.4 Å². The normalized spacial score (nSPS) is 11.4. The Morgan fingerprint density at radius 2 is 1.58 bits per heavy atom. The van der Waals surface area contributed by atoms with Crippen LogP contribution in [0.2, 0.25) is 0 Å². The molecule has 0 saturated carbocycles. The van der Waals surface area contributed by atoms with Gasteiger partial charge in [-0.1, -0.05) is 6.07 Å². The second-order valence-electron chi connectivity index (χ2n) is 5.75. The van der Waals surface area contributed by atoms with Crippen LogP contribution in [-0.4, -0.2) is 25.8 Å². The number of amidine groups is 1. The molecule has 4 rings (SSSR count). The Balaban J connectivity index is 1.67. The molecule has 0 spiro atoms. The highest BCUT2D eigenvalue weighted by Crippen LogP contribution is 2.18. The molecule has 7 heteroatoms. The van der Waals surface area contributed by atoms with Crippen molar-refractivity contribution in [3.05, 3.63) is 59.2 Å². The van der Waals surface area contributed by atoms with Gasteiger partial charge in [-0.05, 0) is 35.9 Å². The van der Waals surface area contributed by atoms with Crippen LogP contribution >= 0.6 is 0 Å². The van der Waals surface area contributed by atoms with E-state index in [1.807, 2.05) is 36.4 Å². The predicted molar refractivity (Wildman–Crippen MR) is 93.9 cm³/mol. The van der Waals surface area contributed by atoms with Crippen LogP contribution in [0.25, 0.3) is 22.1 Å². The first-order valence-corrected chi connectivity index (χ1v) is 7.63. The molecule has 0 fully saturated rings. The van der Waals surface area contributed by atoms with Crippen molar-refractivity contribution in [3.8, 4) is 0 Å². The van der Waals surface area contributed by atoms with E-state index >= 15 is 0 Å². The summed E-state index contributed by atoms with van der Waals surface area (Å²) in [5, 5.41) is 7.51. The summed E-state index contributed by atoms with van der Waals surface area (Å²) in [5.74, 6) is 1.68. The molecule has 0 bridgehead atoms. The number of benzene rings is 2. The smallest absolute Gasteiger partial charge is 0.122 e. The molecule has 0 amide bonds. The predicted octanol–water partition coefficient (Wildman–Crippen LogP) is 1.77. The molecule has 7 N–H and O–H groups in total. The number of nitrogen functional groups attached to an aromatic ring is 1. The molecule has 4 aromatic rings. The molecule has 120 valence electrons. The van der Waals surface area contributed by atoms with Crippen molar-refractivity contribution >= 4 is 27.9 Å². The molecule has 0 aliphatic rings. The van der Waals surface area contributed by atoms with Gasteiger partial charge in [0.15, 0.2) is 0 Å². The zero-order chi connectivity index (χ0) is 16.7. The van der Waals surface area contributed by atoms with Crippen molar-refractivity contribution in [2.75, 3.05) is 0 Å². The van der Waals surface area contributed by atoms with Crippen molar-refractivity contribution in [3.63, 3.8) is 0 Å². The summed E-state index contributed by atoms with van der Waals surface area (Å²) in [6, 6.07) is 11.5. The average molecular weight is 319 g/mol. The van der Waals surface area contributed by atoms with Gasteiger partial charge in [-0.15, -0.1) is 0 Å². The fraction of sp³-hybridized carbons (Fsp3) is 0.118. The maximum absolute atomic E-state index is 7.51. The first-order valence-electron chi connectivity index (χ1n) is 7.63. The summed E-state index contributed by atoms with van der Waals surface area (Å²) in [4.78, 5) is 15.8. The van der Waals surface area contributed by atoms with Gasteiger partial charge in [0.25, 0.3) is 0 Å². The highest BCUT2D eigenvalue weighted by Gasteiger charge is 2.09. The SMILES string of the molecule is N=C(N)c1ccc2[nH]c(Cc3nc4cc(CN)ccc4[nH]3)nc2c1. The van der Waals surface area contributed by atoms with E-state index in [2.05, 4.69) is 19.9 Å². The fourth-order valence-corrected chi connectivity index (χ4v) is 2.78. The largest absolute Gasteiger partial charge is 0.384 e. The van der Waals surface area contributed by atoms with Gasteiger partial charge in [0.1, 0.15) is 17.5 Å². The first-order chi connectivity index (χ1) is 11.6. The van der Waals surface area contributed by atoms with Crippen molar-refractivity contribution in [1.29, 1.82) is 5.41 Å². The van der Waals surface area contributed by atoms with E-state index < -0.39 is 0 Å². The molecule has 2 aromatic carbocycles. The molecule has 7 nitrogen and oxygen atoms in total. The van der Waals surface area contributed by atoms with Gasteiger partial charge in [0.05, 0.1) is 28.5 Å². The van der Waals surface area contributed by atoms with Crippen LogP contribution in [0.5, 0.6) is 0 Å². The van der Waals surface area contributed by atoms with E-state index in [-0.39, 0.29) is 5.84 Å². The minimum atomic E-state index is 0.0365. The lowest BCUT2D eigenvalue weighted by Gasteiger charge is -1.95. The van der Waals surface area contributed by atoms with Crippen LogP contribution in [0.4, 0.5) is 0 Å². The van der Waals surface area contributed by atoms with Gasteiger partial charge in [-0.2, -0.15) is 0 Å². The summed E-state index contributed by atoms with van der Waals surface area (Å²) < 4.78 is 0. The van der Waals surface area contributed by atoms with Crippen molar-refractivity contribution in [2.45, 2.75) is 13.0 Å². The number of imidazole rings is 2. The number of fused-ring (bicyclic) bond motifs is 2. The van der Waals surface area contributed by atoms with Crippen molar-refractivity contribution < 1.29 is 0 Å². The lowest BCUT2D eigenvalue weighted by Crippen LogP contribution is -2.10. The highest BCUT2D eigenvalue weighted by atomic mass is 15.0. The Hall–Kier alpha value is -3.19. The van der Waals surface area contributed by atoms with E-state index in [1.54, 1.807) is 0 Å².